The van der Waals surface area contributed by atoms with Crippen molar-refractivity contribution in [1.82, 2.24) is 10.2 Å². The standard InChI is InChI=1S/C41H76N2O10/c1-7-9-11-13-15-17-19-21-23-25-27-29-31-43(32-30-28-26-24-22-20-18-16-14-12-10-8-2)39(46)34(3)40(47)51-35(4)38(45)42-36(41(48)53-50-6)33-37(44)52-49-5/h34-36H,7-33H2,1-6H3,(H,42,45). The molecule has 0 fully saturated rings. The number of esters is 1. The number of hydrogen-bond acceptors (Lipinski definition) is 10. The smallest absolute Gasteiger partial charge is 0.364 e. The van der Waals surface area contributed by atoms with Crippen LogP contribution in [-0.4, -0.2) is 74.1 Å². The average Bonchev–Trinajstić information content (AvgIpc) is 3.13. The Kier molecular flexibility index (Phi) is 33.2. The molecule has 0 rings (SSSR count). The minimum atomic E-state index is -1.49. The third-order valence-corrected chi connectivity index (χ3v) is 9.57. The van der Waals surface area contributed by atoms with E-state index in [2.05, 4.69) is 38.7 Å². The highest BCUT2D eigenvalue weighted by Crippen LogP contribution is 2.16. The van der Waals surface area contributed by atoms with Gasteiger partial charge in [-0.2, -0.15) is 9.78 Å². The fourth-order valence-corrected chi connectivity index (χ4v) is 6.24. The van der Waals surface area contributed by atoms with Crippen molar-refractivity contribution in [1.29, 1.82) is 0 Å². The lowest BCUT2D eigenvalue weighted by atomic mass is 10.0. The van der Waals surface area contributed by atoms with Crippen LogP contribution in [0.5, 0.6) is 0 Å². The molecule has 3 atom stereocenters. The normalized spacial score (nSPS) is 12.8. The summed E-state index contributed by atoms with van der Waals surface area (Å²) in [4.78, 5) is 82.8. The highest BCUT2D eigenvalue weighted by atomic mass is 17.2. The second-order valence-electron chi connectivity index (χ2n) is 14.4. The highest BCUT2D eigenvalue weighted by Gasteiger charge is 2.33. The number of amides is 2. The number of carbonyl (C=O) groups is 5. The largest absolute Gasteiger partial charge is 0.452 e. The van der Waals surface area contributed by atoms with E-state index in [9.17, 15) is 24.0 Å². The lowest BCUT2D eigenvalue weighted by Crippen LogP contribution is -2.48. The number of ether oxygens (including phenoxy) is 1. The summed E-state index contributed by atoms with van der Waals surface area (Å²) in [5.41, 5.74) is 0. The van der Waals surface area contributed by atoms with E-state index in [1.54, 1.807) is 4.90 Å². The first-order valence-electron chi connectivity index (χ1n) is 20.9. The van der Waals surface area contributed by atoms with Crippen LogP contribution in [0.1, 0.15) is 188 Å². The van der Waals surface area contributed by atoms with Crippen molar-refractivity contribution in [3.05, 3.63) is 0 Å². The van der Waals surface area contributed by atoms with Crippen molar-refractivity contribution < 1.29 is 48.3 Å². The van der Waals surface area contributed by atoms with Gasteiger partial charge in [0, 0.05) is 13.1 Å². The molecular weight excluding hydrogens is 680 g/mol. The second-order valence-corrected chi connectivity index (χ2v) is 14.4. The summed E-state index contributed by atoms with van der Waals surface area (Å²) in [5, 5.41) is 2.30. The predicted molar refractivity (Wildman–Crippen MR) is 206 cm³/mol. The van der Waals surface area contributed by atoms with E-state index in [-0.39, 0.29) is 5.91 Å². The molecule has 0 radical (unpaired) electrons. The first-order valence-corrected chi connectivity index (χ1v) is 20.9. The number of unbranched alkanes of at least 4 members (excludes halogenated alkanes) is 22. The summed E-state index contributed by atoms with van der Waals surface area (Å²) in [7, 11) is 2.20. The summed E-state index contributed by atoms with van der Waals surface area (Å²) in [6, 6.07) is -1.49. The van der Waals surface area contributed by atoms with Crippen LogP contribution in [0.2, 0.25) is 0 Å². The van der Waals surface area contributed by atoms with Gasteiger partial charge in [0.2, 0.25) is 5.91 Å². The molecule has 0 bridgehead atoms. The van der Waals surface area contributed by atoms with Crippen LogP contribution < -0.4 is 5.32 Å². The van der Waals surface area contributed by atoms with E-state index in [1.807, 2.05) is 0 Å². The van der Waals surface area contributed by atoms with E-state index in [4.69, 9.17) is 4.74 Å². The van der Waals surface area contributed by atoms with Crippen LogP contribution in [0.15, 0.2) is 0 Å². The van der Waals surface area contributed by atoms with E-state index in [0.717, 1.165) is 52.7 Å². The van der Waals surface area contributed by atoms with Gasteiger partial charge in [0.1, 0.15) is 12.0 Å². The molecule has 0 aliphatic carbocycles. The SMILES string of the molecule is CCCCCCCCCCCCCCN(CCCCCCCCCCCCCC)C(=O)C(C)C(=O)OC(C)C(=O)NC(CC(=O)OOC)C(=O)OOC. The fraction of sp³-hybridized carbons (Fsp3) is 0.878. The Balaban J connectivity index is 5.00. The molecule has 0 saturated carbocycles. The van der Waals surface area contributed by atoms with Gasteiger partial charge in [-0.15, -0.1) is 0 Å². The van der Waals surface area contributed by atoms with Crippen LogP contribution in [0, 0.1) is 5.92 Å². The van der Waals surface area contributed by atoms with E-state index in [1.165, 1.54) is 129 Å². The molecular formula is C41H76N2O10. The van der Waals surface area contributed by atoms with E-state index in [0.29, 0.717) is 13.1 Å². The number of nitrogens with one attached hydrogen (secondary N) is 1. The molecule has 0 aliphatic rings. The molecule has 1 N–H and O–H groups in total. The van der Waals surface area contributed by atoms with Gasteiger partial charge in [0.25, 0.3) is 5.91 Å². The molecule has 0 aromatic rings. The van der Waals surface area contributed by atoms with Gasteiger partial charge in [-0.3, -0.25) is 24.2 Å². The summed E-state index contributed by atoms with van der Waals surface area (Å²) in [6.45, 7) is 8.43. The maximum atomic E-state index is 13.6. The van der Waals surface area contributed by atoms with Crippen molar-refractivity contribution in [2.75, 3.05) is 27.3 Å². The van der Waals surface area contributed by atoms with Gasteiger partial charge >= 0.3 is 17.9 Å². The molecule has 0 heterocycles. The number of carbonyl (C=O) groups excluding carboxylic acids is 5. The Bertz CT molecular complexity index is 935. The Morgan fingerprint density at radius 2 is 0.906 bits per heavy atom. The summed E-state index contributed by atoms with van der Waals surface area (Å²) < 4.78 is 5.35. The quantitative estimate of drug-likeness (QED) is 0.0216. The Morgan fingerprint density at radius 1 is 0.528 bits per heavy atom. The van der Waals surface area contributed by atoms with Crippen LogP contribution in [0.25, 0.3) is 0 Å². The van der Waals surface area contributed by atoms with Gasteiger partial charge in [0.05, 0.1) is 20.6 Å². The van der Waals surface area contributed by atoms with E-state index >= 15 is 0 Å². The minimum absolute atomic E-state index is 0.322. The molecule has 12 nitrogen and oxygen atoms in total. The third-order valence-electron chi connectivity index (χ3n) is 9.57. The summed E-state index contributed by atoms with van der Waals surface area (Å²) in [6.07, 6.45) is 27.4. The zero-order valence-electron chi connectivity index (χ0n) is 34.4. The zero-order valence-corrected chi connectivity index (χ0v) is 34.4. The van der Waals surface area contributed by atoms with Gasteiger partial charge in [-0.1, -0.05) is 155 Å². The molecule has 2 amide bonds. The van der Waals surface area contributed by atoms with Crippen molar-refractivity contribution in [2.45, 2.75) is 200 Å². The molecule has 0 aliphatic heterocycles. The van der Waals surface area contributed by atoms with Crippen LogP contribution in [0.3, 0.4) is 0 Å². The van der Waals surface area contributed by atoms with Crippen molar-refractivity contribution in [3.63, 3.8) is 0 Å². The Hall–Kier alpha value is -2.73. The molecule has 12 heteroatoms. The zero-order chi connectivity index (χ0) is 39.5. The molecule has 310 valence electrons. The lowest BCUT2D eigenvalue weighted by Gasteiger charge is -2.26. The molecule has 0 aromatic carbocycles. The Labute approximate surface area is 321 Å². The monoisotopic (exact) mass is 757 g/mol. The molecule has 0 aromatic heterocycles. The molecule has 53 heavy (non-hydrogen) atoms. The summed E-state index contributed by atoms with van der Waals surface area (Å²) in [5.74, 6) is -5.17. The van der Waals surface area contributed by atoms with Gasteiger partial charge < -0.3 is 15.0 Å². The van der Waals surface area contributed by atoms with Crippen LogP contribution in [0.4, 0.5) is 0 Å². The van der Waals surface area contributed by atoms with Gasteiger partial charge in [-0.25, -0.2) is 9.59 Å². The Morgan fingerprint density at radius 3 is 1.28 bits per heavy atom. The van der Waals surface area contributed by atoms with Crippen molar-refractivity contribution >= 4 is 29.7 Å². The molecule has 0 saturated heterocycles. The van der Waals surface area contributed by atoms with Crippen molar-refractivity contribution in [3.8, 4) is 0 Å². The first kappa shape index (κ1) is 50.3. The predicted octanol–water partition coefficient (Wildman–Crippen LogP) is 8.87. The molecule has 3 unspecified atom stereocenters. The maximum Gasteiger partial charge on any atom is 0.364 e. The van der Waals surface area contributed by atoms with Crippen LogP contribution in [-0.2, 0) is 48.3 Å². The topological polar surface area (TPSA) is 147 Å². The van der Waals surface area contributed by atoms with E-state index < -0.39 is 48.3 Å². The fourth-order valence-electron chi connectivity index (χ4n) is 6.24. The summed E-state index contributed by atoms with van der Waals surface area (Å²) >= 11 is 0. The van der Waals surface area contributed by atoms with Gasteiger partial charge in [-0.05, 0) is 26.7 Å². The number of nitrogens with zero attached hydrogens (tertiary/aromatic N) is 1. The second kappa shape index (κ2) is 35.0. The number of hydrogen-bond donors (Lipinski definition) is 1. The van der Waals surface area contributed by atoms with Crippen LogP contribution >= 0.6 is 0 Å². The number of rotatable bonds is 36. The lowest BCUT2D eigenvalue weighted by molar-refractivity contribution is -0.262. The van der Waals surface area contributed by atoms with Crippen molar-refractivity contribution in [2.24, 2.45) is 5.92 Å². The minimum Gasteiger partial charge on any atom is -0.452 e. The highest BCUT2D eigenvalue weighted by molar-refractivity contribution is 5.98. The average molecular weight is 757 g/mol. The maximum absolute atomic E-state index is 13.6. The van der Waals surface area contributed by atoms with Gasteiger partial charge in [0.15, 0.2) is 6.10 Å². The third kappa shape index (κ3) is 27.5. The molecule has 0 spiro atoms. The first-order chi connectivity index (χ1) is 25.6.